The molecule has 1 unspecified atom stereocenters. The fourth-order valence-electron chi connectivity index (χ4n) is 3.79. The molecule has 8 heteroatoms. The van der Waals surface area contributed by atoms with E-state index in [1.807, 2.05) is 42.7 Å². The van der Waals surface area contributed by atoms with Crippen molar-refractivity contribution in [3.63, 3.8) is 0 Å². The summed E-state index contributed by atoms with van der Waals surface area (Å²) in [5, 5.41) is 5.68. The molecule has 1 heterocycles. The molecular formula is C26H25N3O4S. The van der Waals surface area contributed by atoms with Gasteiger partial charge in [0.15, 0.2) is 0 Å². The molecule has 7 nitrogen and oxygen atoms in total. The van der Waals surface area contributed by atoms with Crippen LogP contribution in [-0.4, -0.2) is 37.6 Å². The Morgan fingerprint density at radius 3 is 2.35 bits per heavy atom. The van der Waals surface area contributed by atoms with Crippen molar-refractivity contribution in [2.45, 2.75) is 11.3 Å². The lowest BCUT2D eigenvalue weighted by molar-refractivity contribution is -0.122. The summed E-state index contributed by atoms with van der Waals surface area (Å²) in [4.78, 5) is 40.6. The molecule has 1 saturated heterocycles. The van der Waals surface area contributed by atoms with Crippen LogP contribution in [-0.2, 0) is 9.59 Å². The van der Waals surface area contributed by atoms with Gasteiger partial charge in [-0.05, 0) is 66.9 Å². The summed E-state index contributed by atoms with van der Waals surface area (Å²) >= 11 is 1.63. The number of benzene rings is 3. The number of carbonyl (C=O) groups is 3. The normalized spacial score (nSPS) is 15.2. The van der Waals surface area contributed by atoms with Gasteiger partial charge in [0, 0.05) is 34.8 Å². The summed E-state index contributed by atoms with van der Waals surface area (Å²) in [6.07, 6.45) is 2.16. The largest absolute Gasteiger partial charge is 0.495 e. The van der Waals surface area contributed by atoms with Gasteiger partial charge in [0.2, 0.25) is 11.8 Å². The average Bonchev–Trinajstić information content (AvgIpc) is 3.26. The molecule has 1 atom stereocenters. The highest BCUT2D eigenvalue weighted by Crippen LogP contribution is 2.28. The van der Waals surface area contributed by atoms with Crippen LogP contribution in [0.3, 0.4) is 0 Å². The van der Waals surface area contributed by atoms with E-state index in [1.54, 1.807) is 60.2 Å². The number of carbonyl (C=O) groups excluding carboxylic acids is 3. The summed E-state index contributed by atoms with van der Waals surface area (Å²) in [5.41, 5.74) is 2.38. The molecule has 1 aliphatic rings. The summed E-state index contributed by atoms with van der Waals surface area (Å²) in [6, 6.07) is 21.5. The number of anilines is 3. The molecule has 4 rings (SSSR count). The van der Waals surface area contributed by atoms with Crippen molar-refractivity contribution in [2.75, 3.05) is 35.4 Å². The van der Waals surface area contributed by atoms with Gasteiger partial charge in [-0.2, -0.15) is 0 Å². The summed E-state index contributed by atoms with van der Waals surface area (Å²) < 4.78 is 5.26. The zero-order chi connectivity index (χ0) is 24.1. The molecular weight excluding hydrogens is 450 g/mol. The van der Waals surface area contributed by atoms with Gasteiger partial charge >= 0.3 is 0 Å². The van der Waals surface area contributed by atoms with Crippen LogP contribution in [0.15, 0.2) is 77.7 Å². The number of amides is 3. The number of nitrogens with zero attached hydrogens (tertiary/aromatic N) is 1. The SMILES string of the molecule is COc1ccccc1NC(=O)c1ccc(NC(=O)C2CC(=O)N(c3ccc(SC)cc3)C2)cc1. The molecule has 1 fully saturated rings. The molecule has 0 bridgehead atoms. The quantitative estimate of drug-likeness (QED) is 0.485. The van der Waals surface area contributed by atoms with Crippen LogP contribution >= 0.6 is 11.8 Å². The first-order chi connectivity index (χ1) is 16.5. The number of ether oxygens (including phenoxy) is 1. The number of methoxy groups -OCH3 is 1. The Morgan fingerprint density at radius 1 is 0.971 bits per heavy atom. The first kappa shape index (κ1) is 23.4. The molecule has 0 radical (unpaired) electrons. The van der Waals surface area contributed by atoms with Crippen molar-refractivity contribution in [3.05, 3.63) is 78.4 Å². The van der Waals surface area contributed by atoms with Crippen LogP contribution in [0.1, 0.15) is 16.8 Å². The number of hydrogen-bond donors (Lipinski definition) is 2. The first-order valence-corrected chi connectivity index (χ1v) is 12.0. The van der Waals surface area contributed by atoms with Crippen molar-refractivity contribution >= 4 is 46.5 Å². The summed E-state index contributed by atoms with van der Waals surface area (Å²) in [5.74, 6) is -0.448. The van der Waals surface area contributed by atoms with Crippen LogP contribution in [0.5, 0.6) is 5.75 Å². The zero-order valence-corrected chi connectivity index (χ0v) is 19.7. The number of hydrogen-bond acceptors (Lipinski definition) is 5. The second kappa shape index (κ2) is 10.4. The molecule has 174 valence electrons. The minimum Gasteiger partial charge on any atom is -0.495 e. The third-order valence-corrected chi connectivity index (χ3v) is 6.39. The number of thioether (sulfide) groups is 1. The molecule has 3 amide bonds. The Labute approximate surface area is 202 Å². The molecule has 0 aliphatic carbocycles. The van der Waals surface area contributed by atoms with Gasteiger partial charge in [0.05, 0.1) is 18.7 Å². The maximum atomic E-state index is 12.8. The van der Waals surface area contributed by atoms with Gasteiger partial charge in [0.1, 0.15) is 5.75 Å². The second-order valence-corrected chi connectivity index (χ2v) is 8.70. The monoisotopic (exact) mass is 475 g/mol. The average molecular weight is 476 g/mol. The minimum atomic E-state index is -0.443. The predicted molar refractivity (Wildman–Crippen MR) is 135 cm³/mol. The van der Waals surface area contributed by atoms with Crippen LogP contribution < -0.4 is 20.3 Å². The molecule has 0 aromatic heterocycles. The molecule has 0 saturated carbocycles. The lowest BCUT2D eigenvalue weighted by Crippen LogP contribution is -2.28. The number of rotatable bonds is 7. The van der Waals surface area contributed by atoms with E-state index in [4.69, 9.17) is 4.74 Å². The van der Waals surface area contributed by atoms with E-state index in [-0.39, 0.29) is 24.1 Å². The summed E-state index contributed by atoms with van der Waals surface area (Å²) in [6.45, 7) is 0.336. The van der Waals surface area contributed by atoms with Crippen molar-refractivity contribution < 1.29 is 19.1 Å². The maximum absolute atomic E-state index is 12.8. The van der Waals surface area contributed by atoms with Gasteiger partial charge in [0.25, 0.3) is 5.91 Å². The highest BCUT2D eigenvalue weighted by molar-refractivity contribution is 7.98. The Balaban J connectivity index is 1.36. The molecule has 3 aromatic rings. The van der Waals surface area contributed by atoms with Crippen LogP contribution in [0.25, 0.3) is 0 Å². The van der Waals surface area contributed by atoms with Crippen LogP contribution in [0, 0.1) is 5.92 Å². The minimum absolute atomic E-state index is 0.0691. The molecule has 1 aliphatic heterocycles. The zero-order valence-electron chi connectivity index (χ0n) is 18.9. The molecule has 2 N–H and O–H groups in total. The van der Waals surface area contributed by atoms with E-state index in [2.05, 4.69) is 10.6 Å². The van der Waals surface area contributed by atoms with Crippen molar-refractivity contribution in [1.29, 1.82) is 0 Å². The second-order valence-electron chi connectivity index (χ2n) is 7.82. The highest BCUT2D eigenvalue weighted by atomic mass is 32.2. The standard InChI is InChI=1S/C26H25N3O4S/c1-33-23-6-4-3-5-22(23)28-25(31)17-7-9-19(10-8-17)27-26(32)18-15-24(30)29(16-18)20-11-13-21(34-2)14-12-20/h3-14,18H,15-16H2,1-2H3,(H,27,32)(H,28,31). The van der Waals surface area contributed by atoms with Gasteiger partial charge in [-0.3, -0.25) is 14.4 Å². The number of para-hydroxylation sites is 2. The topological polar surface area (TPSA) is 87.7 Å². The Bertz CT molecular complexity index is 1200. The fraction of sp³-hybridized carbons (Fsp3) is 0.192. The van der Waals surface area contributed by atoms with Crippen molar-refractivity contribution in [2.24, 2.45) is 5.92 Å². The smallest absolute Gasteiger partial charge is 0.255 e. The summed E-state index contributed by atoms with van der Waals surface area (Å²) in [7, 11) is 1.54. The molecule has 3 aromatic carbocycles. The third kappa shape index (κ3) is 5.23. The molecule has 0 spiro atoms. The van der Waals surface area contributed by atoms with Crippen LogP contribution in [0.4, 0.5) is 17.1 Å². The van der Waals surface area contributed by atoms with Gasteiger partial charge in [-0.25, -0.2) is 0 Å². The van der Waals surface area contributed by atoms with E-state index in [0.29, 0.717) is 29.2 Å². The van der Waals surface area contributed by atoms with Crippen LogP contribution in [0.2, 0.25) is 0 Å². The lowest BCUT2D eigenvalue weighted by Gasteiger charge is -2.17. The predicted octanol–water partition coefficient (Wildman–Crippen LogP) is 4.66. The van der Waals surface area contributed by atoms with E-state index in [1.165, 1.54) is 0 Å². The Hall–Kier alpha value is -3.78. The highest BCUT2D eigenvalue weighted by Gasteiger charge is 2.35. The first-order valence-electron chi connectivity index (χ1n) is 10.8. The fourth-order valence-corrected chi connectivity index (χ4v) is 4.19. The lowest BCUT2D eigenvalue weighted by atomic mass is 10.1. The molecule has 34 heavy (non-hydrogen) atoms. The van der Waals surface area contributed by atoms with Gasteiger partial charge in [-0.1, -0.05) is 12.1 Å². The number of nitrogens with one attached hydrogen (secondary N) is 2. The Morgan fingerprint density at radius 2 is 1.68 bits per heavy atom. The van der Waals surface area contributed by atoms with E-state index >= 15 is 0 Å². The van der Waals surface area contributed by atoms with Gasteiger partial charge < -0.3 is 20.3 Å². The van der Waals surface area contributed by atoms with Gasteiger partial charge in [-0.15, -0.1) is 11.8 Å². The van der Waals surface area contributed by atoms with Crippen molar-refractivity contribution in [3.8, 4) is 5.75 Å². The Kier molecular flexibility index (Phi) is 7.18. The third-order valence-electron chi connectivity index (χ3n) is 5.65. The van der Waals surface area contributed by atoms with E-state index < -0.39 is 5.92 Å². The van der Waals surface area contributed by atoms with E-state index in [9.17, 15) is 14.4 Å². The maximum Gasteiger partial charge on any atom is 0.255 e. The van der Waals surface area contributed by atoms with Crippen molar-refractivity contribution in [1.82, 2.24) is 0 Å². The van der Waals surface area contributed by atoms with E-state index in [0.717, 1.165) is 10.6 Å².